The quantitative estimate of drug-likeness (QED) is 0.745. The van der Waals surface area contributed by atoms with Gasteiger partial charge in [0.1, 0.15) is 11.7 Å². The number of rotatable bonds is 0. The van der Waals surface area contributed by atoms with Crippen molar-refractivity contribution in [3.63, 3.8) is 0 Å². The van der Waals surface area contributed by atoms with E-state index in [4.69, 9.17) is 15.4 Å². The molecule has 17 heavy (non-hydrogen) atoms. The topological polar surface area (TPSA) is 56.9 Å². The van der Waals surface area contributed by atoms with E-state index in [0.717, 1.165) is 16.3 Å². The second-order valence-electron chi connectivity index (χ2n) is 4.12. The van der Waals surface area contributed by atoms with Crippen molar-refractivity contribution in [3.8, 4) is 11.8 Å². The number of ether oxygens (including phenoxy) is 1. The van der Waals surface area contributed by atoms with Crippen molar-refractivity contribution in [1.29, 1.82) is 10.7 Å². The minimum atomic E-state index is -0.465. The molecule has 0 amide bonds. The SMILES string of the molecule is N#CC1Cc2c(ccc3ccccc23)OC1=N. The maximum Gasteiger partial charge on any atom is 0.205 e. The Labute approximate surface area is 98.8 Å². The molecule has 0 aliphatic carbocycles. The van der Waals surface area contributed by atoms with E-state index in [0.29, 0.717) is 12.2 Å². The number of nitriles is 1. The predicted molar refractivity (Wildman–Crippen MR) is 65.1 cm³/mol. The molecule has 0 spiro atoms. The third-order valence-electron chi connectivity index (χ3n) is 3.10. The summed E-state index contributed by atoms with van der Waals surface area (Å²) in [7, 11) is 0. The summed E-state index contributed by atoms with van der Waals surface area (Å²) in [6, 6.07) is 14.0. The Bertz CT molecular complexity index is 655. The van der Waals surface area contributed by atoms with Crippen molar-refractivity contribution < 1.29 is 4.74 Å². The van der Waals surface area contributed by atoms with Crippen molar-refractivity contribution in [2.24, 2.45) is 5.92 Å². The summed E-state index contributed by atoms with van der Waals surface area (Å²) in [4.78, 5) is 0. The van der Waals surface area contributed by atoms with Crippen molar-refractivity contribution in [2.75, 3.05) is 0 Å². The maximum absolute atomic E-state index is 8.99. The lowest BCUT2D eigenvalue weighted by molar-refractivity contribution is 0.474. The van der Waals surface area contributed by atoms with Gasteiger partial charge in [-0.15, -0.1) is 0 Å². The summed E-state index contributed by atoms with van der Waals surface area (Å²) in [5.41, 5.74) is 1.03. The van der Waals surface area contributed by atoms with Gasteiger partial charge in [-0.25, -0.2) is 0 Å². The lowest BCUT2D eigenvalue weighted by atomic mass is 9.92. The first-order chi connectivity index (χ1) is 8.29. The van der Waals surface area contributed by atoms with Crippen molar-refractivity contribution >= 4 is 16.7 Å². The van der Waals surface area contributed by atoms with Gasteiger partial charge in [-0.1, -0.05) is 30.3 Å². The maximum atomic E-state index is 8.99. The number of nitrogens with zero attached hydrogens (tertiary/aromatic N) is 1. The molecule has 3 nitrogen and oxygen atoms in total. The number of nitrogens with one attached hydrogen (secondary N) is 1. The molecule has 82 valence electrons. The molecule has 1 heterocycles. The highest BCUT2D eigenvalue weighted by Gasteiger charge is 2.26. The van der Waals surface area contributed by atoms with Crippen LogP contribution in [-0.4, -0.2) is 5.90 Å². The van der Waals surface area contributed by atoms with Gasteiger partial charge in [-0.05, 0) is 16.8 Å². The Morgan fingerprint density at radius 2 is 2.06 bits per heavy atom. The number of hydrogen-bond donors (Lipinski definition) is 1. The normalized spacial score (nSPS) is 18.3. The van der Waals surface area contributed by atoms with Gasteiger partial charge < -0.3 is 4.74 Å². The zero-order chi connectivity index (χ0) is 11.8. The van der Waals surface area contributed by atoms with E-state index in [1.807, 2.05) is 36.4 Å². The fourth-order valence-corrected chi connectivity index (χ4v) is 2.21. The monoisotopic (exact) mass is 222 g/mol. The average molecular weight is 222 g/mol. The first-order valence-electron chi connectivity index (χ1n) is 5.46. The summed E-state index contributed by atoms with van der Waals surface area (Å²) in [6.45, 7) is 0. The van der Waals surface area contributed by atoms with Gasteiger partial charge in [0.15, 0.2) is 0 Å². The molecule has 0 radical (unpaired) electrons. The summed E-state index contributed by atoms with van der Waals surface area (Å²) in [6.07, 6.45) is 0.562. The Kier molecular flexibility index (Phi) is 2.09. The van der Waals surface area contributed by atoms with Crippen LogP contribution in [0.2, 0.25) is 0 Å². The van der Waals surface area contributed by atoms with E-state index in [9.17, 15) is 0 Å². The van der Waals surface area contributed by atoms with Crippen LogP contribution < -0.4 is 4.74 Å². The van der Waals surface area contributed by atoms with Gasteiger partial charge in [0, 0.05) is 12.0 Å². The third-order valence-corrected chi connectivity index (χ3v) is 3.10. The van der Waals surface area contributed by atoms with Gasteiger partial charge >= 0.3 is 0 Å². The Hall–Kier alpha value is -2.34. The molecule has 0 aromatic heterocycles. The molecule has 1 aliphatic rings. The predicted octanol–water partition coefficient (Wildman–Crippen LogP) is 2.89. The van der Waals surface area contributed by atoms with E-state index >= 15 is 0 Å². The Morgan fingerprint density at radius 1 is 1.24 bits per heavy atom. The minimum Gasteiger partial charge on any atom is -0.442 e. The first kappa shape index (κ1) is 9.86. The zero-order valence-electron chi connectivity index (χ0n) is 9.10. The summed E-state index contributed by atoms with van der Waals surface area (Å²) in [5.74, 6) is 0.295. The van der Waals surface area contributed by atoms with Crippen LogP contribution in [-0.2, 0) is 6.42 Å². The van der Waals surface area contributed by atoms with Crippen LogP contribution in [0.5, 0.6) is 5.75 Å². The largest absolute Gasteiger partial charge is 0.442 e. The van der Waals surface area contributed by atoms with Gasteiger partial charge in [0.05, 0.1) is 6.07 Å². The lowest BCUT2D eigenvalue weighted by Gasteiger charge is -2.22. The standard InChI is InChI=1S/C14H10N2O/c15-8-10-7-12-11-4-2-1-3-9(11)5-6-13(12)17-14(10)16/h1-6,10,16H,7H2. The average Bonchev–Trinajstić information content (AvgIpc) is 2.37. The van der Waals surface area contributed by atoms with Crippen LogP contribution in [0, 0.1) is 22.7 Å². The smallest absolute Gasteiger partial charge is 0.205 e. The molecule has 1 N–H and O–H groups in total. The van der Waals surface area contributed by atoms with E-state index in [2.05, 4.69) is 6.07 Å². The lowest BCUT2D eigenvalue weighted by Crippen LogP contribution is -2.25. The van der Waals surface area contributed by atoms with Crippen LogP contribution >= 0.6 is 0 Å². The van der Waals surface area contributed by atoms with Crippen molar-refractivity contribution in [3.05, 3.63) is 42.0 Å². The molecule has 3 rings (SSSR count). The molecular formula is C14H10N2O. The van der Waals surface area contributed by atoms with Crippen LogP contribution in [0.1, 0.15) is 5.56 Å². The zero-order valence-corrected chi connectivity index (χ0v) is 9.10. The van der Waals surface area contributed by atoms with Crippen LogP contribution in [0.15, 0.2) is 36.4 Å². The molecule has 1 unspecified atom stereocenters. The number of fused-ring (bicyclic) bond motifs is 3. The molecule has 1 aliphatic heterocycles. The molecule has 2 aromatic carbocycles. The van der Waals surface area contributed by atoms with Crippen LogP contribution in [0.4, 0.5) is 0 Å². The first-order valence-corrected chi connectivity index (χ1v) is 5.46. The fraction of sp³-hybridized carbons (Fsp3) is 0.143. The van der Waals surface area contributed by atoms with Crippen LogP contribution in [0.3, 0.4) is 0 Å². The molecule has 0 saturated carbocycles. The van der Waals surface area contributed by atoms with Gasteiger partial charge in [-0.3, -0.25) is 5.41 Å². The Morgan fingerprint density at radius 3 is 2.88 bits per heavy atom. The van der Waals surface area contributed by atoms with Crippen molar-refractivity contribution in [2.45, 2.75) is 6.42 Å². The number of benzene rings is 2. The summed E-state index contributed by atoms with van der Waals surface area (Å²) in [5, 5.41) is 18.9. The van der Waals surface area contributed by atoms with E-state index in [1.165, 1.54) is 0 Å². The van der Waals surface area contributed by atoms with Gasteiger partial charge in [0.25, 0.3) is 0 Å². The molecule has 1 atom stereocenters. The summed E-state index contributed by atoms with van der Waals surface area (Å²) < 4.78 is 5.40. The molecule has 2 aromatic rings. The highest BCUT2D eigenvalue weighted by Crippen LogP contribution is 2.34. The fourth-order valence-electron chi connectivity index (χ4n) is 2.21. The van der Waals surface area contributed by atoms with Gasteiger partial charge in [-0.2, -0.15) is 5.26 Å². The highest BCUT2D eigenvalue weighted by atomic mass is 16.5. The van der Waals surface area contributed by atoms with Gasteiger partial charge in [0.2, 0.25) is 5.90 Å². The molecule has 0 bridgehead atoms. The summed E-state index contributed by atoms with van der Waals surface area (Å²) >= 11 is 0. The second kappa shape index (κ2) is 3.60. The number of hydrogen-bond acceptors (Lipinski definition) is 3. The second-order valence-corrected chi connectivity index (χ2v) is 4.12. The van der Waals surface area contributed by atoms with E-state index in [-0.39, 0.29) is 5.90 Å². The highest BCUT2D eigenvalue weighted by molar-refractivity contribution is 5.92. The molecular weight excluding hydrogens is 212 g/mol. The van der Waals surface area contributed by atoms with E-state index in [1.54, 1.807) is 0 Å². The molecule has 0 saturated heterocycles. The molecule has 3 heteroatoms. The Balaban J connectivity index is 2.24. The molecule has 0 fully saturated rings. The van der Waals surface area contributed by atoms with Crippen molar-refractivity contribution in [1.82, 2.24) is 0 Å². The third kappa shape index (κ3) is 1.46. The minimum absolute atomic E-state index is 0.0512. The van der Waals surface area contributed by atoms with Crippen LogP contribution in [0.25, 0.3) is 10.8 Å². The van der Waals surface area contributed by atoms with E-state index < -0.39 is 5.92 Å².